The minimum Gasteiger partial charge on any atom is -0.507 e. The van der Waals surface area contributed by atoms with Crippen molar-refractivity contribution in [1.29, 1.82) is 0 Å². The number of phenols is 1. The van der Waals surface area contributed by atoms with Crippen molar-refractivity contribution < 1.29 is 19.8 Å². The van der Waals surface area contributed by atoms with Gasteiger partial charge in [-0.3, -0.25) is 9.59 Å². The number of carbonyl (C=O) groups is 2. The van der Waals surface area contributed by atoms with Crippen molar-refractivity contribution >= 4 is 40.6 Å². The maximum Gasteiger partial charge on any atom is 0.264 e. The van der Waals surface area contributed by atoms with Crippen LogP contribution in [-0.4, -0.2) is 21.9 Å². The summed E-state index contributed by atoms with van der Waals surface area (Å²) in [6.45, 7) is 0.153. The molecule has 1 aliphatic rings. The molecule has 3 aromatic carbocycles. The van der Waals surface area contributed by atoms with Gasteiger partial charge in [0.05, 0.1) is 34.3 Å². The van der Waals surface area contributed by atoms with Crippen LogP contribution in [0, 0.1) is 0 Å². The summed E-state index contributed by atoms with van der Waals surface area (Å²) in [6, 6.07) is 17.9. The third-order valence-corrected chi connectivity index (χ3v) is 5.92. The van der Waals surface area contributed by atoms with Crippen LogP contribution in [0.5, 0.6) is 5.75 Å². The zero-order valence-electron chi connectivity index (χ0n) is 15.7. The third kappa shape index (κ3) is 3.45. The number of benzene rings is 3. The Morgan fingerprint density at radius 3 is 2.40 bits per heavy atom. The lowest BCUT2D eigenvalue weighted by atomic mass is 9.88. The SMILES string of the molecule is O=C(C[C@]1(O)C(=O)N(Cc2ccc(Cl)c(Cl)c2)c2ccccc21)c1ccccc1O. The number of nitrogens with zero attached hydrogens (tertiary/aromatic N) is 1. The van der Waals surface area contributed by atoms with Crippen molar-refractivity contribution in [3.05, 3.63) is 93.5 Å². The van der Waals surface area contributed by atoms with E-state index in [1.54, 1.807) is 54.6 Å². The van der Waals surface area contributed by atoms with Gasteiger partial charge in [0.15, 0.2) is 11.4 Å². The molecule has 1 amide bonds. The molecule has 1 aliphatic heterocycles. The van der Waals surface area contributed by atoms with Crippen molar-refractivity contribution in [3.8, 4) is 5.75 Å². The molecule has 3 aromatic rings. The normalized spacial score (nSPS) is 17.8. The lowest BCUT2D eigenvalue weighted by Crippen LogP contribution is -2.41. The van der Waals surface area contributed by atoms with Crippen molar-refractivity contribution in [3.63, 3.8) is 0 Å². The highest BCUT2D eigenvalue weighted by Gasteiger charge is 2.50. The van der Waals surface area contributed by atoms with E-state index in [-0.39, 0.29) is 17.9 Å². The van der Waals surface area contributed by atoms with E-state index in [4.69, 9.17) is 23.2 Å². The van der Waals surface area contributed by atoms with Crippen LogP contribution in [0.2, 0.25) is 10.0 Å². The molecule has 4 rings (SSSR count). The highest BCUT2D eigenvalue weighted by atomic mass is 35.5. The van der Waals surface area contributed by atoms with E-state index in [9.17, 15) is 19.8 Å². The summed E-state index contributed by atoms with van der Waals surface area (Å²) in [7, 11) is 0. The predicted octanol–water partition coefficient (Wildman–Crippen LogP) is 4.71. The first-order chi connectivity index (χ1) is 14.3. The molecule has 0 aromatic heterocycles. The average molecular weight is 442 g/mol. The van der Waals surface area contributed by atoms with Crippen molar-refractivity contribution in [2.24, 2.45) is 0 Å². The number of halogens is 2. The van der Waals surface area contributed by atoms with Crippen LogP contribution >= 0.6 is 23.2 Å². The molecule has 30 heavy (non-hydrogen) atoms. The molecule has 0 unspecified atom stereocenters. The van der Waals surface area contributed by atoms with Crippen LogP contribution in [0.4, 0.5) is 5.69 Å². The molecule has 2 N–H and O–H groups in total. The minimum atomic E-state index is -2.04. The molecule has 1 atom stereocenters. The summed E-state index contributed by atoms with van der Waals surface area (Å²) in [5.41, 5.74) is -0.394. The molecule has 0 radical (unpaired) electrons. The number of carbonyl (C=O) groups excluding carboxylic acids is 2. The number of aromatic hydroxyl groups is 1. The van der Waals surface area contributed by atoms with Gasteiger partial charge in [0, 0.05) is 5.56 Å². The van der Waals surface area contributed by atoms with Crippen molar-refractivity contribution in [1.82, 2.24) is 0 Å². The van der Waals surface area contributed by atoms with Gasteiger partial charge in [-0.05, 0) is 35.9 Å². The number of rotatable bonds is 5. The average Bonchev–Trinajstić information content (AvgIpc) is 2.93. The number of fused-ring (bicyclic) bond motifs is 1. The van der Waals surface area contributed by atoms with E-state index >= 15 is 0 Å². The Balaban J connectivity index is 1.69. The number of phenolic OH excluding ortho intramolecular Hbond substituents is 1. The molecule has 152 valence electrons. The zero-order valence-corrected chi connectivity index (χ0v) is 17.2. The van der Waals surface area contributed by atoms with Gasteiger partial charge in [-0.2, -0.15) is 0 Å². The fourth-order valence-corrected chi connectivity index (χ4v) is 4.01. The summed E-state index contributed by atoms with van der Waals surface area (Å²) < 4.78 is 0. The second kappa shape index (κ2) is 7.76. The molecular weight excluding hydrogens is 425 g/mol. The largest absolute Gasteiger partial charge is 0.507 e. The number of ketones is 1. The lowest BCUT2D eigenvalue weighted by Gasteiger charge is -2.23. The van der Waals surface area contributed by atoms with Crippen molar-refractivity contribution in [2.45, 2.75) is 18.6 Å². The fraction of sp³-hybridized carbons (Fsp3) is 0.130. The van der Waals surface area contributed by atoms with Gasteiger partial charge in [-0.15, -0.1) is 0 Å². The lowest BCUT2D eigenvalue weighted by molar-refractivity contribution is -0.136. The number of hydrogen-bond acceptors (Lipinski definition) is 4. The Morgan fingerprint density at radius 2 is 1.67 bits per heavy atom. The standard InChI is InChI=1S/C23H17Cl2NO4/c24-17-10-9-14(11-18(17)25)13-26-19-7-3-2-6-16(19)23(30,22(26)29)12-21(28)15-5-1-4-8-20(15)27/h1-11,27,30H,12-13H2/t23-/m1/s1. The Bertz CT molecular complexity index is 1160. The summed E-state index contributed by atoms with van der Waals surface area (Å²) in [4.78, 5) is 27.5. The van der Waals surface area contributed by atoms with Gasteiger partial charge in [0.1, 0.15) is 5.75 Å². The predicted molar refractivity (Wildman–Crippen MR) is 115 cm³/mol. The Kier molecular flexibility index (Phi) is 5.28. The molecule has 0 bridgehead atoms. The highest BCUT2D eigenvalue weighted by Crippen LogP contribution is 2.44. The van der Waals surface area contributed by atoms with Gasteiger partial charge in [-0.25, -0.2) is 0 Å². The van der Waals surface area contributed by atoms with Crippen LogP contribution in [0.1, 0.15) is 27.9 Å². The first-order valence-electron chi connectivity index (χ1n) is 9.20. The van der Waals surface area contributed by atoms with E-state index in [2.05, 4.69) is 0 Å². The van der Waals surface area contributed by atoms with Gasteiger partial charge in [0.2, 0.25) is 0 Å². The number of anilines is 1. The van der Waals surface area contributed by atoms with Crippen LogP contribution < -0.4 is 4.90 Å². The van der Waals surface area contributed by atoms with E-state index in [0.29, 0.717) is 21.3 Å². The summed E-state index contributed by atoms with van der Waals surface area (Å²) >= 11 is 12.1. The Labute approximate surface area is 183 Å². The minimum absolute atomic E-state index is 0.0548. The number of Topliss-reactive ketones (excluding diaryl/α,β-unsaturated/α-hetero) is 1. The van der Waals surface area contributed by atoms with Gasteiger partial charge < -0.3 is 15.1 Å². The van der Waals surface area contributed by atoms with Gasteiger partial charge in [-0.1, -0.05) is 59.6 Å². The number of amides is 1. The summed E-state index contributed by atoms with van der Waals surface area (Å²) in [6.07, 6.45) is -0.488. The quantitative estimate of drug-likeness (QED) is 0.562. The van der Waals surface area contributed by atoms with Crippen LogP contribution in [-0.2, 0) is 16.9 Å². The Morgan fingerprint density at radius 1 is 0.967 bits per heavy atom. The van der Waals surface area contributed by atoms with Crippen LogP contribution in [0.25, 0.3) is 0 Å². The molecule has 0 saturated heterocycles. The summed E-state index contributed by atoms with van der Waals surface area (Å²) in [5, 5.41) is 22.1. The van der Waals surface area contributed by atoms with Crippen LogP contribution in [0.15, 0.2) is 66.7 Å². The topological polar surface area (TPSA) is 77.8 Å². The van der Waals surface area contributed by atoms with E-state index in [1.807, 2.05) is 0 Å². The first-order valence-corrected chi connectivity index (χ1v) is 9.96. The molecule has 0 aliphatic carbocycles. The highest BCUT2D eigenvalue weighted by molar-refractivity contribution is 6.42. The van der Waals surface area contributed by atoms with Gasteiger partial charge >= 0.3 is 0 Å². The maximum absolute atomic E-state index is 13.3. The number of para-hydroxylation sites is 2. The summed E-state index contributed by atoms with van der Waals surface area (Å²) in [5.74, 6) is -1.34. The van der Waals surface area contributed by atoms with Crippen molar-refractivity contribution in [2.75, 3.05) is 4.90 Å². The first kappa shape index (κ1) is 20.4. The molecule has 0 spiro atoms. The van der Waals surface area contributed by atoms with Crippen LogP contribution in [0.3, 0.4) is 0 Å². The molecule has 1 heterocycles. The maximum atomic E-state index is 13.3. The smallest absolute Gasteiger partial charge is 0.264 e. The third-order valence-electron chi connectivity index (χ3n) is 5.18. The second-order valence-electron chi connectivity index (χ2n) is 7.13. The molecule has 0 fully saturated rings. The van der Waals surface area contributed by atoms with E-state index < -0.39 is 23.7 Å². The Hall–Kier alpha value is -2.86. The zero-order chi connectivity index (χ0) is 21.5. The second-order valence-corrected chi connectivity index (χ2v) is 7.95. The monoisotopic (exact) mass is 441 g/mol. The van der Waals surface area contributed by atoms with E-state index in [1.165, 1.54) is 17.0 Å². The number of aliphatic hydroxyl groups is 1. The fourth-order valence-electron chi connectivity index (χ4n) is 3.69. The number of hydrogen-bond donors (Lipinski definition) is 2. The molecule has 0 saturated carbocycles. The van der Waals surface area contributed by atoms with Gasteiger partial charge in [0.25, 0.3) is 5.91 Å². The molecule has 5 nitrogen and oxygen atoms in total. The van der Waals surface area contributed by atoms with E-state index in [0.717, 1.165) is 5.56 Å². The molecular formula is C23H17Cl2NO4. The molecule has 7 heteroatoms.